The number of urea groups is 1. The maximum absolute atomic E-state index is 11.8. The lowest BCUT2D eigenvalue weighted by atomic mass is 10.0. The summed E-state index contributed by atoms with van der Waals surface area (Å²) in [7, 11) is 0. The SMILES string of the molecule is CCNC(=O)Nc1ccc(-c2nc3c(c(N4CCOCC4)n2)CCN(c2nc(C)ns2)C3)cc1. The van der Waals surface area contributed by atoms with Crippen LogP contribution in [-0.2, 0) is 17.7 Å². The summed E-state index contributed by atoms with van der Waals surface area (Å²) in [5.41, 5.74) is 3.86. The van der Waals surface area contributed by atoms with Crippen LogP contribution in [0, 0.1) is 6.92 Å². The van der Waals surface area contributed by atoms with Gasteiger partial charge in [-0.2, -0.15) is 4.37 Å². The van der Waals surface area contributed by atoms with E-state index in [1.165, 1.54) is 17.1 Å². The van der Waals surface area contributed by atoms with E-state index >= 15 is 0 Å². The van der Waals surface area contributed by atoms with Crippen LogP contribution in [0.15, 0.2) is 24.3 Å². The van der Waals surface area contributed by atoms with Gasteiger partial charge in [-0.15, -0.1) is 0 Å². The van der Waals surface area contributed by atoms with E-state index in [1.807, 2.05) is 38.1 Å². The number of nitrogens with one attached hydrogen (secondary N) is 2. The van der Waals surface area contributed by atoms with Crippen molar-refractivity contribution < 1.29 is 9.53 Å². The first-order valence-electron chi connectivity index (χ1n) is 11.5. The molecule has 0 atom stereocenters. The molecule has 1 saturated heterocycles. The molecule has 0 radical (unpaired) electrons. The van der Waals surface area contributed by atoms with Crippen LogP contribution in [0.1, 0.15) is 24.0 Å². The average molecular weight is 481 g/mol. The Morgan fingerprint density at radius 2 is 1.88 bits per heavy atom. The van der Waals surface area contributed by atoms with Gasteiger partial charge in [-0.05, 0) is 44.5 Å². The minimum atomic E-state index is -0.220. The Morgan fingerprint density at radius 1 is 1.09 bits per heavy atom. The van der Waals surface area contributed by atoms with Crippen molar-refractivity contribution in [2.45, 2.75) is 26.8 Å². The Kier molecular flexibility index (Phi) is 6.54. The molecular weight excluding hydrogens is 452 g/mol. The number of benzene rings is 1. The number of anilines is 3. The van der Waals surface area contributed by atoms with Gasteiger partial charge in [0.25, 0.3) is 0 Å². The zero-order chi connectivity index (χ0) is 23.5. The minimum Gasteiger partial charge on any atom is -0.378 e. The van der Waals surface area contributed by atoms with Gasteiger partial charge in [-0.1, -0.05) is 0 Å². The third-order valence-corrected chi connectivity index (χ3v) is 6.75. The minimum absolute atomic E-state index is 0.220. The van der Waals surface area contributed by atoms with E-state index in [2.05, 4.69) is 29.8 Å². The lowest BCUT2D eigenvalue weighted by Crippen LogP contribution is -2.39. The number of hydrogen-bond donors (Lipinski definition) is 2. The van der Waals surface area contributed by atoms with Crippen LogP contribution in [0.4, 0.5) is 21.4 Å². The molecule has 1 aromatic carbocycles. The van der Waals surface area contributed by atoms with Crippen molar-refractivity contribution >= 4 is 34.2 Å². The topological polar surface area (TPSA) is 108 Å². The van der Waals surface area contributed by atoms with Crippen molar-refractivity contribution in [3.8, 4) is 11.4 Å². The van der Waals surface area contributed by atoms with Crippen molar-refractivity contribution in [3.05, 3.63) is 41.3 Å². The molecule has 178 valence electrons. The Balaban J connectivity index is 1.47. The summed E-state index contributed by atoms with van der Waals surface area (Å²) in [6, 6.07) is 7.42. The van der Waals surface area contributed by atoms with Crippen LogP contribution in [0.3, 0.4) is 0 Å². The third-order valence-electron chi connectivity index (χ3n) is 5.88. The van der Waals surface area contributed by atoms with E-state index in [9.17, 15) is 4.79 Å². The van der Waals surface area contributed by atoms with Gasteiger partial charge in [0.15, 0.2) is 5.82 Å². The second-order valence-electron chi connectivity index (χ2n) is 8.25. The molecule has 2 N–H and O–H groups in total. The molecule has 2 aromatic heterocycles. The van der Waals surface area contributed by atoms with E-state index in [4.69, 9.17) is 14.7 Å². The number of carbonyl (C=O) groups is 1. The molecule has 11 heteroatoms. The summed E-state index contributed by atoms with van der Waals surface area (Å²) in [4.78, 5) is 30.9. The number of rotatable bonds is 5. The van der Waals surface area contributed by atoms with Crippen LogP contribution in [0.25, 0.3) is 11.4 Å². The van der Waals surface area contributed by atoms with Gasteiger partial charge >= 0.3 is 6.03 Å². The van der Waals surface area contributed by atoms with Gasteiger partial charge in [0, 0.05) is 54.5 Å². The van der Waals surface area contributed by atoms with Crippen molar-refractivity contribution in [1.29, 1.82) is 0 Å². The number of fused-ring (bicyclic) bond motifs is 1. The predicted molar refractivity (Wildman–Crippen MR) is 133 cm³/mol. The molecule has 0 unspecified atom stereocenters. The third kappa shape index (κ3) is 4.80. The summed E-state index contributed by atoms with van der Waals surface area (Å²) in [5, 5.41) is 6.49. The van der Waals surface area contributed by atoms with Crippen molar-refractivity contribution in [3.63, 3.8) is 0 Å². The molecule has 2 aliphatic rings. The molecule has 0 saturated carbocycles. The van der Waals surface area contributed by atoms with Gasteiger partial charge in [0.05, 0.1) is 25.5 Å². The standard InChI is InChI=1S/C23H28N8O2S/c1-3-24-22(32)26-17-6-4-16(5-7-17)20-27-19-14-31(23-25-15(2)29-34-23)9-8-18(19)21(28-20)30-10-12-33-13-11-30/h4-7H,3,8-14H2,1-2H3,(H2,24,26,32). The lowest BCUT2D eigenvalue weighted by molar-refractivity contribution is 0.122. The predicted octanol–water partition coefficient (Wildman–Crippen LogP) is 2.84. The number of nitrogens with zero attached hydrogens (tertiary/aromatic N) is 6. The molecule has 0 bridgehead atoms. The molecule has 3 aromatic rings. The zero-order valence-electron chi connectivity index (χ0n) is 19.4. The van der Waals surface area contributed by atoms with E-state index < -0.39 is 0 Å². The first-order valence-corrected chi connectivity index (χ1v) is 12.3. The Bertz CT molecular complexity index is 1160. The number of aromatic nitrogens is 4. The number of amides is 2. The van der Waals surface area contributed by atoms with Gasteiger partial charge in [-0.25, -0.2) is 19.7 Å². The van der Waals surface area contributed by atoms with Gasteiger partial charge in [0.2, 0.25) is 5.13 Å². The lowest BCUT2D eigenvalue weighted by Gasteiger charge is -2.34. The highest BCUT2D eigenvalue weighted by molar-refractivity contribution is 7.09. The summed E-state index contributed by atoms with van der Waals surface area (Å²) in [5.74, 6) is 2.48. The highest BCUT2D eigenvalue weighted by Crippen LogP contribution is 2.32. The summed E-state index contributed by atoms with van der Waals surface area (Å²) in [6.07, 6.45) is 0.857. The van der Waals surface area contributed by atoms with Crippen LogP contribution >= 0.6 is 11.5 Å². The molecule has 5 rings (SSSR count). The highest BCUT2D eigenvalue weighted by Gasteiger charge is 2.27. The zero-order valence-corrected chi connectivity index (χ0v) is 20.2. The summed E-state index contributed by atoms with van der Waals surface area (Å²) >= 11 is 1.43. The van der Waals surface area contributed by atoms with Crippen molar-refractivity contribution in [2.24, 2.45) is 0 Å². The molecular formula is C23H28N8O2S. The second kappa shape index (κ2) is 9.90. The van der Waals surface area contributed by atoms with Gasteiger partial charge in [-0.3, -0.25) is 0 Å². The molecule has 0 spiro atoms. The number of carbonyl (C=O) groups excluding carboxylic acids is 1. The van der Waals surface area contributed by atoms with E-state index in [0.29, 0.717) is 32.1 Å². The summed E-state index contributed by atoms with van der Waals surface area (Å²) < 4.78 is 9.92. The van der Waals surface area contributed by atoms with Crippen LogP contribution < -0.4 is 20.4 Å². The molecule has 10 nitrogen and oxygen atoms in total. The monoisotopic (exact) mass is 480 g/mol. The quantitative estimate of drug-likeness (QED) is 0.574. The van der Waals surface area contributed by atoms with Gasteiger partial charge < -0.3 is 25.2 Å². The van der Waals surface area contributed by atoms with Crippen LogP contribution in [-0.4, -0.2) is 64.7 Å². The molecule has 2 aliphatic heterocycles. The Morgan fingerprint density at radius 3 is 2.59 bits per heavy atom. The van der Waals surface area contributed by atoms with Crippen molar-refractivity contribution in [1.82, 2.24) is 24.6 Å². The number of hydrogen-bond acceptors (Lipinski definition) is 9. The molecule has 4 heterocycles. The average Bonchev–Trinajstić information content (AvgIpc) is 3.30. The maximum Gasteiger partial charge on any atom is 0.319 e. The number of ether oxygens (including phenoxy) is 1. The van der Waals surface area contributed by atoms with Gasteiger partial charge in [0.1, 0.15) is 11.6 Å². The van der Waals surface area contributed by atoms with E-state index in [1.54, 1.807) is 0 Å². The molecule has 1 fully saturated rings. The second-order valence-corrected chi connectivity index (χ2v) is 8.98. The number of aryl methyl sites for hydroxylation is 1. The normalized spacial score (nSPS) is 15.7. The fraction of sp³-hybridized carbons (Fsp3) is 0.435. The Hall–Kier alpha value is -3.31. The maximum atomic E-state index is 11.8. The van der Waals surface area contributed by atoms with Crippen LogP contribution in [0.2, 0.25) is 0 Å². The highest BCUT2D eigenvalue weighted by atomic mass is 32.1. The largest absolute Gasteiger partial charge is 0.378 e. The first kappa shape index (κ1) is 22.5. The number of morpholine rings is 1. The molecule has 34 heavy (non-hydrogen) atoms. The summed E-state index contributed by atoms with van der Waals surface area (Å²) in [6.45, 7) is 8.94. The van der Waals surface area contributed by atoms with Crippen molar-refractivity contribution in [2.75, 3.05) is 54.5 Å². The van der Waals surface area contributed by atoms with E-state index in [-0.39, 0.29) is 6.03 Å². The van der Waals surface area contributed by atoms with E-state index in [0.717, 1.165) is 59.8 Å². The fourth-order valence-electron chi connectivity index (χ4n) is 4.19. The molecule has 2 amide bonds. The Labute approximate surface area is 202 Å². The van der Waals surface area contributed by atoms with Crippen LogP contribution in [0.5, 0.6) is 0 Å². The fourth-order valence-corrected chi connectivity index (χ4v) is 4.89. The molecule has 0 aliphatic carbocycles. The first-order chi connectivity index (χ1) is 16.6. The smallest absolute Gasteiger partial charge is 0.319 e.